The van der Waals surface area contributed by atoms with Gasteiger partial charge in [-0.1, -0.05) is 11.6 Å². The maximum atomic E-state index is 12.0. The highest BCUT2D eigenvalue weighted by atomic mass is 35.5. The maximum Gasteiger partial charge on any atom is 0.296 e. The predicted octanol–water partition coefficient (Wildman–Crippen LogP) is 3.96. The Bertz CT molecular complexity index is 687. The smallest absolute Gasteiger partial charge is 0.296 e. The molecule has 1 N–H and O–H groups in total. The van der Waals surface area contributed by atoms with Gasteiger partial charge < -0.3 is 10.1 Å². The second-order valence-corrected chi connectivity index (χ2v) is 5.64. The molecule has 6 nitrogen and oxygen atoms in total. The van der Waals surface area contributed by atoms with Crippen molar-refractivity contribution in [2.45, 2.75) is 6.92 Å². The number of halogens is 1. The Morgan fingerprint density at radius 3 is 2.76 bits per heavy atom. The van der Waals surface area contributed by atoms with Gasteiger partial charge in [0.25, 0.3) is 11.6 Å². The summed E-state index contributed by atoms with van der Waals surface area (Å²) in [6.07, 6.45) is 0. The molecule has 1 aromatic heterocycles. The van der Waals surface area contributed by atoms with Gasteiger partial charge >= 0.3 is 0 Å². The number of nitro groups is 1. The first-order chi connectivity index (χ1) is 10.0. The molecule has 1 amide bonds. The molecular formula is C13H11ClN2O4S. The minimum Gasteiger partial charge on any atom is -0.494 e. The second-order valence-electron chi connectivity index (χ2n) is 3.93. The molecule has 0 saturated heterocycles. The largest absolute Gasteiger partial charge is 0.494 e. The summed E-state index contributed by atoms with van der Waals surface area (Å²) < 4.78 is 5.69. The highest BCUT2D eigenvalue weighted by Crippen LogP contribution is 2.30. The van der Waals surface area contributed by atoms with Gasteiger partial charge in [-0.2, -0.15) is 0 Å². The lowest BCUT2D eigenvalue weighted by atomic mass is 10.2. The molecule has 0 aliphatic carbocycles. The lowest BCUT2D eigenvalue weighted by Gasteiger charge is -2.07. The maximum absolute atomic E-state index is 12.0. The van der Waals surface area contributed by atoms with Gasteiger partial charge in [-0.15, -0.1) is 11.3 Å². The molecule has 0 aliphatic heterocycles. The molecule has 0 aliphatic rings. The molecule has 2 aromatic rings. The first-order valence-electron chi connectivity index (χ1n) is 5.99. The third-order valence-corrected chi connectivity index (χ3v) is 3.75. The zero-order valence-corrected chi connectivity index (χ0v) is 12.5. The Kier molecular flexibility index (Phi) is 4.77. The number of nitrogens with one attached hydrogen (secondary N) is 1. The third kappa shape index (κ3) is 3.71. The number of benzene rings is 1. The van der Waals surface area contributed by atoms with Crippen LogP contribution in [0.2, 0.25) is 4.34 Å². The predicted molar refractivity (Wildman–Crippen MR) is 81.5 cm³/mol. The lowest BCUT2D eigenvalue weighted by Crippen LogP contribution is -2.11. The first kappa shape index (κ1) is 15.3. The van der Waals surface area contributed by atoms with Crippen LogP contribution in [0, 0.1) is 10.1 Å². The fraction of sp³-hybridized carbons (Fsp3) is 0.154. The van der Waals surface area contributed by atoms with Crippen molar-refractivity contribution in [3.05, 3.63) is 49.7 Å². The number of amides is 1. The summed E-state index contributed by atoms with van der Waals surface area (Å²) >= 11 is 6.86. The van der Waals surface area contributed by atoms with Crippen molar-refractivity contribution in [2.24, 2.45) is 0 Å². The van der Waals surface area contributed by atoms with Gasteiger partial charge in [0, 0.05) is 0 Å². The zero-order valence-electron chi connectivity index (χ0n) is 11.0. The standard InChI is InChI=1S/C13H11ClN2O4S/c1-2-20-8-3-4-9(10(7-8)16(18)19)15-13(17)11-5-6-12(14)21-11/h3-7H,2H2,1H3,(H,15,17). The second kappa shape index (κ2) is 6.55. The van der Waals surface area contributed by atoms with Gasteiger partial charge in [-0.25, -0.2) is 0 Å². The van der Waals surface area contributed by atoms with E-state index in [-0.39, 0.29) is 11.4 Å². The zero-order chi connectivity index (χ0) is 15.4. The summed E-state index contributed by atoms with van der Waals surface area (Å²) in [5, 5.41) is 13.6. The average Bonchev–Trinajstić information content (AvgIpc) is 2.87. The van der Waals surface area contributed by atoms with Gasteiger partial charge in [-0.3, -0.25) is 14.9 Å². The SMILES string of the molecule is CCOc1ccc(NC(=O)c2ccc(Cl)s2)c([N+](=O)[O-])c1. The Balaban J connectivity index is 2.26. The number of thiophene rings is 1. The summed E-state index contributed by atoms with van der Waals surface area (Å²) in [6.45, 7) is 2.18. The number of nitrogens with zero attached hydrogens (tertiary/aromatic N) is 1. The fourth-order valence-corrected chi connectivity index (χ4v) is 2.58. The Hall–Kier alpha value is -2.12. The number of anilines is 1. The van der Waals surface area contributed by atoms with Gasteiger partial charge in [-0.05, 0) is 31.2 Å². The summed E-state index contributed by atoms with van der Waals surface area (Å²) in [7, 11) is 0. The molecule has 1 aromatic carbocycles. The van der Waals surface area contributed by atoms with E-state index >= 15 is 0 Å². The van der Waals surface area contributed by atoms with Crippen LogP contribution < -0.4 is 10.1 Å². The van der Waals surface area contributed by atoms with Crippen molar-refractivity contribution in [2.75, 3.05) is 11.9 Å². The lowest BCUT2D eigenvalue weighted by molar-refractivity contribution is -0.384. The number of rotatable bonds is 5. The monoisotopic (exact) mass is 326 g/mol. The van der Waals surface area contributed by atoms with Crippen molar-refractivity contribution in [1.82, 2.24) is 0 Å². The number of carbonyl (C=O) groups excluding carboxylic acids is 1. The number of ether oxygens (including phenoxy) is 1. The van der Waals surface area contributed by atoms with Crippen LogP contribution in [0.5, 0.6) is 5.75 Å². The Labute approximate surface area is 129 Å². The highest BCUT2D eigenvalue weighted by Gasteiger charge is 2.18. The quantitative estimate of drug-likeness (QED) is 0.666. The molecule has 0 saturated carbocycles. The van der Waals surface area contributed by atoms with E-state index in [4.69, 9.17) is 16.3 Å². The van der Waals surface area contributed by atoms with Crippen LogP contribution >= 0.6 is 22.9 Å². The van der Waals surface area contributed by atoms with Gasteiger partial charge in [0.15, 0.2) is 0 Å². The van der Waals surface area contributed by atoms with E-state index in [1.807, 2.05) is 0 Å². The number of hydrogen-bond acceptors (Lipinski definition) is 5. The summed E-state index contributed by atoms with van der Waals surface area (Å²) in [6, 6.07) is 7.43. The molecule has 2 rings (SSSR count). The van der Waals surface area contributed by atoms with Crippen molar-refractivity contribution in [3.63, 3.8) is 0 Å². The number of nitro benzene ring substituents is 1. The molecule has 8 heteroatoms. The Morgan fingerprint density at radius 2 is 2.19 bits per heavy atom. The summed E-state index contributed by atoms with van der Waals surface area (Å²) in [5.74, 6) is -0.0690. The minimum atomic E-state index is -0.570. The van der Waals surface area contributed by atoms with E-state index in [0.29, 0.717) is 21.6 Å². The molecule has 0 radical (unpaired) electrons. The summed E-state index contributed by atoms with van der Waals surface area (Å²) in [4.78, 5) is 22.9. The molecule has 0 atom stereocenters. The normalized spacial score (nSPS) is 10.2. The van der Waals surface area contributed by atoms with Gasteiger partial charge in [0.05, 0.1) is 26.8 Å². The van der Waals surface area contributed by atoms with Crippen LogP contribution in [-0.2, 0) is 0 Å². The van der Waals surface area contributed by atoms with Crippen LogP contribution in [0.1, 0.15) is 16.6 Å². The van der Waals surface area contributed by atoms with Crippen molar-refractivity contribution in [3.8, 4) is 5.75 Å². The van der Waals surface area contributed by atoms with E-state index in [1.54, 1.807) is 25.1 Å². The van der Waals surface area contributed by atoms with Crippen LogP contribution in [0.4, 0.5) is 11.4 Å². The minimum absolute atomic E-state index is 0.109. The van der Waals surface area contributed by atoms with Crippen molar-refractivity contribution >= 4 is 40.2 Å². The van der Waals surface area contributed by atoms with Gasteiger partial charge in [0.1, 0.15) is 11.4 Å². The third-order valence-electron chi connectivity index (χ3n) is 2.52. The molecule has 110 valence electrons. The molecule has 0 fully saturated rings. The molecule has 21 heavy (non-hydrogen) atoms. The van der Waals surface area contributed by atoms with Crippen LogP contribution in [-0.4, -0.2) is 17.4 Å². The molecule has 0 bridgehead atoms. The van der Waals surface area contributed by atoms with E-state index in [0.717, 1.165) is 11.3 Å². The van der Waals surface area contributed by atoms with Crippen molar-refractivity contribution < 1.29 is 14.5 Å². The topological polar surface area (TPSA) is 81.5 Å². The highest BCUT2D eigenvalue weighted by molar-refractivity contribution is 7.18. The van der Waals surface area contributed by atoms with Crippen molar-refractivity contribution in [1.29, 1.82) is 0 Å². The van der Waals surface area contributed by atoms with E-state index < -0.39 is 10.8 Å². The van der Waals surface area contributed by atoms with E-state index in [2.05, 4.69) is 5.32 Å². The summed E-state index contributed by atoms with van der Waals surface area (Å²) in [5.41, 5.74) is -0.116. The average molecular weight is 327 g/mol. The van der Waals surface area contributed by atoms with Crippen LogP contribution in [0.15, 0.2) is 30.3 Å². The molecular weight excluding hydrogens is 316 g/mol. The van der Waals surface area contributed by atoms with Gasteiger partial charge in [0.2, 0.25) is 0 Å². The fourth-order valence-electron chi connectivity index (χ4n) is 1.64. The molecule has 0 unspecified atom stereocenters. The number of hydrogen-bond donors (Lipinski definition) is 1. The van der Waals surface area contributed by atoms with E-state index in [1.165, 1.54) is 12.1 Å². The molecule has 0 spiro atoms. The molecule has 1 heterocycles. The number of carbonyl (C=O) groups is 1. The van der Waals surface area contributed by atoms with Crippen LogP contribution in [0.25, 0.3) is 0 Å². The van der Waals surface area contributed by atoms with E-state index in [9.17, 15) is 14.9 Å². The Morgan fingerprint density at radius 1 is 1.43 bits per heavy atom. The first-order valence-corrected chi connectivity index (χ1v) is 7.18. The van der Waals surface area contributed by atoms with Crippen LogP contribution in [0.3, 0.4) is 0 Å².